The van der Waals surface area contributed by atoms with E-state index in [9.17, 15) is 22.4 Å². The van der Waals surface area contributed by atoms with E-state index in [1.807, 2.05) is 0 Å². The molecule has 1 aromatic heterocycles. The molecule has 8 nitrogen and oxygen atoms in total. The summed E-state index contributed by atoms with van der Waals surface area (Å²) in [7, 11) is -3.65. The molecule has 10 heteroatoms. The maximum atomic E-state index is 13.8. The first-order valence-corrected chi connectivity index (χ1v) is 9.47. The Kier molecular flexibility index (Phi) is 3.45. The van der Waals surface area contributed by atoms with E-state index in [2.05, 4.69) is 10.5 Å². The molecule has 3 heterocycles. The van der Waals surface area contributed by atoms with Gasteiger partial charge >= 0.3 is 6.03 Å². The molecule has 4 rings (SSSR count). The number of benzene rings is 1. The highest BCUT2D eigenvalue weighted by Crippen LogP contribution is 2.41. The Bertz CT molecular complexity index is 1050. The Morgan fingerprint density at radius 3 is 2.81 bits per heavy atom. The van der Waals surface area contributed by atoms with Crippen molar-refractivity contribution in [3.05, 3.63) is 47.1 Å². The largest absolute Gasteiger partial charge is 0.359 e. The van der Waals surface area contributed by atoms with Gasteiger partial charge in [-0.2, -0.15) is 0 Å². The number of aryl methyl sites for hydroxylation is 1. The van der Waals surface area contributed by atoms with E-state index in [1.165, 1.54) is 0 Å². The summed E-state index contributed by atoms with van der Waals surface area (Å²) < 4.78 is 43.4. The molecule has 26 heavy (non-hydrogen) atoms. The molecule has 1 saturated heterocycles. The van der Waals surface area contributed by atoms with Crippen LogP contribution in [0, 0.1) is 12.7 Å². The summed E-state index contributed by atoms with van der Waals surface area (Å²) in [5.74, 6) is -1.34. The highest BCUT2D eigenvalue weighted by atomic mass is 32.2. The van der Waals surface area contributed by atoms with E-state index in [1.54, 1.807) is 13.0 Å². The number of nitrogens with zero attached hydrogens (tertiary/aromatic N) is 2. The van der Waals surface area contributed by atoms with Gasteiger partial charge in [0, 0.05) is 11.6 Å². The van der Waals surface area contributed by atoms with Crippen molar-refractivity contribution < 1.29 is 26.9 Å². The number of carbonyl (C=O) groups excluding carboxylic acids is 2. The summed E-state index contributed by atoms with van der Waals surface area (Å²) in [6.07, 6.45) is -0.164. The standard InChI is InChI=1S/C16H14FN3O5S/c1-9-6-11(25-19-9)8-20-14(21)16(18-15(20)22)4-5-26(23,24)13-3-2-10(17)7-12(13)16/h2-3,6-7H,4-5,8H2,1H3,(H,18,22). The summed E-state index contributed by atoms with van der Waals surface area (Å²) in [4.78, 5) is 26.2. The third-order valence-corrected chi connectivity index (χ3v) is 6.42. The zero-order chi connectivity index (χ0) is 18.7. The van der Waals surface area contributed by atoms with Gasteiger partial charge in [-0.15, -0.1) is 0 Å². The van der Waals surface area contributed by atoms with Crippen LogP contribution in [-0.4, -0.2) is 36.2 Å². The van der Waals surface area contributed by atoms with Gasteiger partial charge in [-0.05, 0) is 31.5 Å². The number of hydrogen-bond donors (Lipinski definition) is 1. The lowest BCUT2D eigenvalue weighted by atomic mass is 9.86. The second-order valence-electron chi connectivity index (χ2n) is 6.37. The Morgan fingerprint density at radius 2 is 2.12 bits per heavy atom. The van der Waals surface area contributed by atoms with E-state index >= 15 is 0 Å². The van der Waals surface area contributed by atoms with E-state index in [0.717, 1.165) is 23.1 Å². The van der Waals surface area contributed by atoms with E-state index in [0.29, 0.717) is 11.5 Å². The molecule has 0 radical (unpaired) electrons. The van der Waals surface area contributed by atoms with Gasteiger partial charge < -0.3 is 9.84 Å². The molecule has 0 saturated carbocycles. The first kappa shape index (κ1) is 16.7. The second-order valence-corrected chi connectivity index (χ2v) is 8.45. The van der Waals surface area contributed by atoms with Crippen LogP contribution in [0.25, 0.3) is 0 Å². The van der Waals surface area contributed by atoms with Gasteiger partial charge in [0.1, 0.15) is 11.4 Å². The van der Waals surface area contributed by atoms with Crippen molar-refractivity contribution in [1.29, 1.82) is 0 Å². The lowest BCUT2D eigenvalue weighted by Crippen LogP contribution is -2.48. The summed E-state index contributed by atoms with van der Waals surface area (Å²) >= 11 is 0. The molecule has 3 amide bonds. The molecule has 1 atom stereocenters. The molecule has 2 aliphatic heterocycles. The highest BCUT2D eigenvalue weighted by molar-refractivity contribution is 7.91. The zero-order valence-electron chi connectivity index (χ0n) is 13.7. The SMILES string of the molecule is Cc1cc(CN2C(=O)NC3(CCS(=O)(=O)c4ccc(F)cc43)C2=O)on1. The summed E-state index contributed by atoms with van der Waals surface area (Å²) in [6, 6.07) is 4.03. The number of hydrogen-bond acceptors (Lipinski definition) is 6. The fourth-order valence-electron chi connectivity index (χ4n) is 3.41. The summed E-state index contributed by atoms with van der Waals surface area (Å²) in [5.41, 5.74) is -1.05. The van der Waals surface area contributed by atoms with Gasteiger partial charge in [-0.25, -0.2) is 17.6 Å². The van der Waals surface area contributed by atoms with Gasteiger partial charge in [0.15, 0.2) is 15.6 Å². The fourth-order valence-corrected chi connectivity index (χ4v) is 5.05. The molecular weight excluding hydrogens is 365 g/mol. The number of nitrogens with one attached hydrogen (secondary N) is 1. The van der Waals surface area contributed by atoms with E-state index < -0.39 is 33.1 Å². The molecule has 1 N–H and O–H groups in total. The van der Waals surface area contributed by atoms with Crippen LogP contribution >= 0.6 is 0 Å². The molecule has 2 aromatic rings. The van der Waals surface area contributed by atoms with E-state index in [4.69, 9.17) is 4.52 Å². The number of carbonyl (C=O) groups is 2. The third-order valence-electron chi connectivity index (χ3n) is 4.65. The first-order chi connectivity index (χ1) is 12.2. The maximum absolute atomic E-state index is 13.8. The van der Waals surface area contributed by atoms with Crippen LogP contribution in [0.1, 0.15) is 23.4 Å². The average molecular weight is 379 g/mol. The quantitative estimate of drug-likeness (QED) is 0.621. The lowest BCUT2D eigenvalue weighted by Gasteiger charge is -2.32. The van der Waals surface area contributed by atoms with Gasteiger partial charge in [0.05, 0.1) is 22.9 Å². The van der Waals surface area contributed by atoms with Gasteiger partial charge in [-0.3, -0.25) is 9.69 Å². The maximum Gasteiger partial charge on any atom is 0.325 e. The predicted molar refractivity (Wildman–Crippen MR) is 85.1 cm³/mol. The molecular formula is C16H14FN3O5S. The summed E-state index contributed by atoms with van der Waals surface area (Å²) in [6.45, 7) is 1.55. The number of urea groups is 1. The normalized spacial score (nSPS) is 24.0. The molecule has 1 spiro atoms. The van der Waals surface area contributed by atoms with Crippen molar-refractivity contribution in [2.45, 2.75) is 30.3 Å². The Labute approximate surface area is 147 Å². The molecule has 0 aliphatic carbocycles. The van der Waals surface area contributed by atoms with Crippen LogP contribution < -0.4 is 5.32 Å². The van der Waals surface area contributed by atoms with E-state index in [-0.39, 0.29) is 29.2 Å². The minimum atomic E-state index is -3.65. The van der Waals surface area contributed by atoms with Crippen molar-refractivity contribution in [2.24, 2.45) is 0 Å². The topological polar surface area (TPSA) is 110 Å². The van der Waals surface area contributed by atoms with Crippen molar-refractivity contribution >= 4 is 21.8 Å². The smallest absolute Gasteiger partial charge is 0.325 e. The minimum absolute atomic E-state index is 0.0432. The molecule has 1 unspecified atom stereocenters. The molecule has 136 valence electrons. The highest BCUT2D eigenvalue weighted by Gasteiger charge is 2.56. The predicted octanol–water partition coefficient (Wildman–Crippen LogP) is 1.25. The monoisotopic (exact) mass is 379 g/mol. The lowest BCUT2D eigenvalue weighted by molar-refractivity contribution is -0.132. The molecule has 1 aromatic carbocycles. The third kappa shape index (κ3) is 2.32. The number of amides is 3. The second kappa shape index (κ2) is 5.37. The number of halogens is 1. The Hall–Kier alpha value is -2.75. The number of sulfone groups is 1. The first-order valence-electron chi connectivity index (χ1n) is 7.82. The van der Waals surface area contributed by atoms with Crippen molar-refractivity contribution in [2.75, 3.05) is 5.75 Å². The number of rotatable bonds is 2. The van der Waals surface area contributed by atoms with Crippen LogP contribution in [0.2, 0.25) is 0 Å². The van der Waals surface area contributed by atoms with Crippen molar-refractivity contribution in [1.82, 2.24) is 15.4 Å². The zero-order valence-corrected chi connectivity index (χ0v) is 14.5. The van der Waals surface area contributed by atoms with Crippen LogP contribution in [0.15, 0.2) is 33.7 Å². The fraction of sp³-hybridized carbons (Fsp3) is 0.312. The Morgan fingerprint density at radius 1 is 1.35 bits per heavy atom. The number of fused-ring (bicyclic) bond motifs is 2. The van der Waals surface area contributed by atoms with Crippen molar-refractivity contribution in [3.63, 3.8) is 0 Å². The molecule has 0 bridgehead atoms. The van der Waals surface area contributed by atoms with Crippen LogP contribution in [0.4, 0.5) is 9.18 Å². The van der Waals surface area contributed by atoms with Crippen LogP contribution in [0.5, 0.6) is 0 Å². The van der Waals surface area contributed by atoms with Gasteiger partial charge in [0.2, 0.25) is 0 Å². The Balaban J connectivity index is 1.79. The van der Waals surface area contributed by atoms with Gasteiger partial charge in [-0.1, -0.05) is 5.16 Å². The number of aromatic nitrogens is 1. The average Bonchev–Trinajstić information content (AvgIpc) is 3.09. The van der Waals surface area contributed by atoms with Crippen LogP contribution in [-0.2, 0) is 26.7 Å². The van der Waals surface area contributed by atoms with Crippen molar-refractivity contribution in [3.8, 4) is 0 Å². The summed E-state index contributed by atoms with van der Waals surface area (Å²) in [5, 5.41) is 6.27. The molecule has 1 fully saturated rings. The number of imide groups is 1. The van der Waals surface area contributed by atoms with Crippen LogP contribution in [0.3, 0.4) is 0 Å². The van der Waals surface area contributed by atoms with Gasteiger partial charge in [0.25, 0.3) is 5.91 Å². The minimum Gasteiger partial charge on any atom is -0.359 e. The molecule has 2 aliphatic rings.